The minimum Gasteiger partial charge on any atom is -0.228 e. The Morgan fingerprint density at radius 1 is 0.291 bits per heavy atom. The summed E-state index contributed by atoms with van der Waals surface area (Å²) in [7, 11) is 0. The second-order valence-corrected chi connectivity index (χ2v) is 14.8. The summed E-state index contributed by atoms with van der Waals surface area (Å²) in [6.45, 7) is 0. The van der Waals surface area contributed by atoms with Crippen molar-refractivity contribution in [2.75, 3.05) is 0 Å². The van der Waals surface area contributed by atoms with E-state index in [9.17, 15) is 0 Å². The zero-order valence-electron chi connectivity index (χ0n) is 29.9. The van der Waals surface area contributed by atoms with Crippen LogP contribution in [0.3, 0.4) is 0 Å². The van der Waals surface area contributed by atoms with Crippen LogP contribution in [-0.2, 0) is 5.41 Å². The van der Waals surface area contributed by atoms with Crippen molar-refractivity contribution in [1.29, 1.82) is 0 Å². The third kappa shape index (κ3) is 4.14. The molecule has 2 aliphatic rings. The standard InChI is InChI=1S/C53H32N2/c1-3-16-33(17-4-1)49-32-50(34-18-5-2-6-19-34)55-52(54-49)42-27-15-26-41-39-24-11-13-28-46(39)53(51(41)42)47-29-14-12-25-40(47)45-30-43-37-22-9-7-20-35(37)36-21-8-10-23-38(36)44(43)31-48(45)53/h1-32H. The Hall–Kier alpha value is -7.16. The smallest absolute Gasteiger partial charge is 0.160 e. The molecule has 1 atom stereocenters. The lowest BCUT2D eigenvalue weighted by Gasteiger charge is -2.32. The Morgan fingerprint density at radius 2 is 0.727 bits per heavy atom. The summed E-state index contributed by atoms with van der Waals surface area (Å²) >= 11 is 0. The summed E-state index contributed by atoms with van der Waals surface area (Å²) in [5.41, 5.74) is 14.6. The molecule has 9 aromatic carbocycles. The quantitative estimate of drug-likeness (QED) is 0.172. The molecule has 0 bridgehead atoms. The summed E-state index contributed by atoms with van der Waals surface area (Å²) in [5, 5.41) is 7.68. The molecular formula is C53H32N2. The Bertz CT molecular complexity index is 3140. The fourth-order valence-corrected chi connectivity index (χ4v) is 9.86. The Morgan fingerprint density at radius 3 is 1.31 bits per heavy atom. The van der Waals surface area contributed by atoms with Crippen molar-refractivity contribution in [3.63, 3.8) is 0 Å². The summed E-state index contributed by atoms with van der Waals surface area (Å²) in [6.07, 6.45) is 0. The molecule has 0 saturated carbocycles. The number of benzene rings is 9. The maximum absolute atomic E-state index is 5.42. The van der Waals surface area contributed by atoms with Gasteiger partial charge in [0.05, 0.1) is 16.8 Å². The first-order valence-corrected chi connectivity index (χ1v) is 19.0. The van der Waals surface area contributed by atoms with Gasteiger partial charge < -0.3 is 0 Å². The minimum atomic E-state index is -0.589. The lowest BCUT2D eigenvalue weighted by Crippen LogP contribution is -2.27. The van der Waals surface area contributed by atoms with Crippen molar-refractivity contribution >= 4 is 32.3 Å². The molecule has 2 nitrogen and oxygen atoms in total. The van der Waals surface area contributed by atoms with E-state index in [0.717, 1.165) is 33.9 Å². The van der Waals surface area contributed by atoms with Crippen molar-refractivity contribution in [3.05, 3.63) is 216 Å². The monoisotopic (exact) mass is 696 g/mol. The highest BCUT2D eigenvalue weighted by Gasteiger charge is 2.53. The Labute approximate surface area is 319 Å². The third-order valence-corrected chi connectivity index (χ3v) is 12.1. The van der Waals surface area contributed by atoms with Crippen molar-refractivity contribution in [1.82, 2.24) is 9.97 Å². The molecule has 0 amide bonds. The molecule has 2 aliphatic carbocycles. The van der Waals surface area contributed by atoms with Crippen molar-refractivity contribution in [3.8, 4) is 56.2 Å². The fraction of sp³-hybridized carbons (Fsp3) is 0.0189. The molecule has 10 aromatic rings. The third-order valence-electron chi connectivity index (χ3n) is 12.1. The summed E-state index contributed by atoms with van der Waals surface area (Å²) in [6, 6.07) is 70.7. The normalized spacial score (nSPS) is 15.0. The van der Waals surface area contributed by atoms with Gasteiger partial charge in [-0.15, -0.1) is 0 Å². The van der Waals surface area contributed by atoms with E-state index >= 15 is 0 Å². The highest BCUT2D eigenvalue weighted by molar-refractivity contribution is 6.26. The van der Waals surface area contributed by atoms with Crippen LogP contribution in [0.2, 0.25) is 0 Å². The van der Waals surface area contributed by atoms with Gasteiger partial charge in [-0.3, -0.25) is 0 Å². The van der Waals surface area contributed by atoms with Gasteiger partial charge in [-0.05, 0) is 95.0 Å². The van der Waals surface area contributed by atoms with E-state index in [1.165, 1.54) is 76.8 Å². The van der Waals surface area contributed by atoms with E-state index in [0.29, 0.717) is 0 Å². The molecule has 0 radical (unpaired) electrons. The first kappa shape index (κ1) is 30.3. The van der Waals surface area contributed by atoms with Crippen molar-refractivity contribution < 1.29 is 0 Å². The van der Waals surface area contributed by atoms with Crippen LogP contribution in [0.25, 0.3) is 88.5 Å². The molecule has 2 heteroatoms. The molecule has 1 spiro atoms. The maximum atomic E-state index is 5.42. The van der Waals surface area contributed by atoms with E-state index in [1.807, 2.05) is 0 Å². The van der Waals surface area contributed by atoms with Gasteiger partial charge in [0.25, 0.3) is 0 Å². The van der Waals surface area contributed by atoms with Gasteiger partial charge in [-0.1, -0.05) is 176 Å². The van der Waals surface area contributed by atoms with E-state index < -0.39 is 5.41 Å². The van der Waals surface area contributed by atoms with Gasteiger partial charge in [-0.2, -0.15) is 0 Å². The Kier molecular flexibility index (Phi) is 6.29. The average molecular weight is 697 g/mol. The van der Waals surface area contributed by atoms with E-state index in [-0.39, 0.29) is 0 Å². The number of aromatic nitrogens is 2. The van der Waals surface area contributed by atoms with Crippen LogP contribution in [0, 0.1) is 0 Å². The topological polar surface area (TPSA) is 25.8 Å². The summed E-state index contributed by atoms with van der Waals surface area (Å²) in [5.74, 6) is 0.729. The number of hydrogen-bond donors (Lipinski definition) is 0. The molecule has 55 heavy (non-hydrogen) atoms. The molecule has 1 unspecified atom stereocenters. The molecule has 1 aromatic heterocycles. The number of nitrogens with zero attached hydrogens (tertiary/aromatic N) is 2. The SMILES string of the molecule is c1ccc(-c2cc(-c3ccccc3)nc(-c3cccc4c3C3(c5ccccc5-c5cc6c7ccccc7c7ccccc7c6cc53)c3ccccc3-4)n2)cc1. The highest BCUT2D eigenvalue weighted by atomic mass is 14.9. The predicted molar refractivity (Wildman–Crippen MR) is 227 cm³/mol. The minimum absolute atomic E-state index is 0.589. The molecule has 0 saturated heterocycles. The van der Waals surface area contributed by atoms with Gasteiger partial charge in [0.1, 0.15) is 0 Å². The predicted octanol–water partition coefficient (Wildman–Crippen LogP) is 13.3. The molecular weight excluding hydrogens is 665 g/mol. The van der Waals surface area contributed by atoms with Crippen LogP contribution in [0.1, 0.15) is 22.3 Å². The molecule has 0 fully saturated rings. The second kappa shape index (κ2) is 11.4. The van der Waals surface area contributed by atoms with Crippen molar-refractivity contribution in [2.24, 2.45) is 0 Å². The first-order chi connectivity index (χ1) is 27.3. The average Bonchev–Trinajstić information content (AvgIpc) is 3.73. The van der Waals surface area contributed by atoms with E-state index in [4.69, 9.17) is 9.97 Å². The molecule has 0 N–H and O–H groups in total. The molecule has 254 valence electrons. The van der Waals surface area contributed by atoms with Gasteiger partial charge >= 0.3 is 0 Å². The summed E-state index contributed by atoms with van der Waals surface area (Å²) in [4.78, 5) is 10.8. The maximum Gasteiger partial charge on any atom is 0.160 e. The Balaban J connectivity index is 1.23. The number of rotatable bonds is 3. The van der Waals surface area contributed by atoms with E-state index in [1.54, 1.807) is 0 Å². The van der Waals surface area contributed by atoms with Gasteiger partial charge in [0, 0.05) is 16.7 Å². The van der Waals surface area contributed by atoms with Crippen LogP contribution in [0.4, 0.5) is 0 Å². The van der Waals surface area contributed by atoms with Crippen LogP contribution < -0.4 is 0 Å². The van der Waals surface area contributed by atoms with Crippen LogP contribution in [0.15, 0.2) is 194 Å². The zero-order valence-corrected chi connectivity index (χ0v) is 29.9. The highest BCUT2D eigenvalue weighted by Crippen LogP contribution is 2.65. The molecule has 0 aliphatic heterocycles. The lowest BCUT2D eigenvalue weighted by atomic mass is 9.69. The second-order valence-electron chi connectivity index (χ2n) is 14.8. The molecule has 12 rings (SSSR count). The van der Waals surface area contributed by atoms with Crippen LogP contribution >= 0.6 is 0 Å². The van der Waals surface area contributed by atoms with Crippen LogP contribution in [-0.4, -0.2) is 9.97 Å². The number of fused-ring (bicyclic) bond motifs is 16. The van der Waals surface area contributed by atoms with Crippen LogP contribution in [0.5, 0.6) is 0 Å². The van der Waals surface area contributed by atoms with Gasteiger partial charge in [0.2, 0.25) is 0 Å². The molecule has 1 heterocycles. The van der Waals surface area contributed by atoms with Crippen molar-refractivity contribution in [2.45, 2.75) is 5.41 Å². The van der Waals surface area contributed by atoms with Gasteiger partial charge in [-0.25, -0.2) is 9.97 Å². The van der Waals surface area contributed by atoms with E-state index in [2.05, 4.69) is 194 Å². The number of hydrogen-bond acceptors (Lipinski definition) is 2. The zero-order chi connectivity index (χ0) is 36.1. The summed E-state index contributed by atoms with van der Waals surface area (Å²) < 4.78 is 0. The lowest BCUT2D eigenvalue weighted by molar-refractivity contribution is 0.795. The largest absolute Gasteiger partial charge is 0.228 e. The van der Waals surface area contributed by atoms with Gasteiger partial charge in [0.15, 0.2) is 5.82 Å². The fourth-order valence-electron chi connectivity index (χ4n) is 9.86. The first-order valence-electron chi connectivity index (χ1n) is 19.0.